The fourth-order valence-corrected chi connectivity index (χ4v) is 4.33. The van der Waals surface area contributed by atoms with E-state index in [1.165, 1.54) is 12.1 Å². The van der Waals surface area contributed by atoms with Gasteiger partial charge in [-0.15, -0.1) is 0 Å². The van der Waals surface area contributed by atoms with Crippen LogP contribution in [0.4, 0.5) is 4.39 Å². The lowest BCUT2D eigenvalue weighted by atomic mass is 9.57. The van der Waals surface area contributed by atoms with Crippen molar-refractivity contribution in [3.05, 3.63) is 34.6 Å². The first kappa shape index (κ1) is 18.1. The Morgan fingerprint density at radius 2 is 2.00 bits per heavy atom. The molecule has 2 fully saturated rings. The summed E-state index contributed by atoms with van der Waals surface area (Å²) in [5.74, 6) is -0.00219. The van der Waals surface area contributed by atoms with Crippen molar-refractivity contribution in [2.24, 2.45) is 11.3 Å². The molecule has 2 N–H and O–H groups in total. The number of nitrogens with zero attached hydrogens (tertiary/aromatic N) is 1. The summed E-state index contributed by atoms with van der Waals surface area (Å²) in [4.78, 5) is 25.5. The molecule has 136 valence electrons. The summed E-state index contributed by atoms with van der Waals surface area (Å²) in [6.07, 6.45) is 2.31. The second-order valence-electron chi connectivity index (χ2n) is 7.35. The maximum Gasteiger partial charge on any atom is 0.233 e. The highest BCUT2D eigenvalue weighted by molar-refractivity contribution is 6.30. The second-order valence-corrected chi connectivity index (χ2v) is 7.79. The molecule has 5 nitrogen and oxygen atoms in total. The molecule has 3 rings (SSSR count). The van der Waals surface area contributed by atoms with E-state index in [0.29, 0.717) is 35.0 Å². The van der Waals surface area contributed by atoms with E-state index in [4.69, 9.17) is 11.6 Å². The van der Waals surface area contributed by atoms with E-state index in [2.05, 4.69) is 15.5 Å². The maximum absolute atomic E-state index is 13.3. The predicted molar refractivity (Wildman–Crippen MR) is 93.8 cm³/mol. The minimum atomic E-state index is -0.428. The zero-order chi connectivity index (χ0) is 18.0. The third-order valence-corrected chi connectivity index (χ3v) is 5.30. The number of hydrogen-bond donors (Lipinski definition) is 2. The molecule has 1 saturated carbocycles. The molecule has 0 unspecified atom stereocenters. The minimum absolute atomic E-state index is 0.0513. The average Bonchev–Trinajstić information content (AvgIpc) is 2.45. The first-order valence-electron chi connectivity index (χ1n) is 8.52. The topological polar surface area (TPSA) is 61.4 Å². The molecule has 0 radical (unpaired) electrons. The van der Waals surface area contributed by atoms with Crippen LogP contribution in [0.3, 0.4) is 0 Å². The number of likely N-dealkylation sites (N-methyl/N-ethyl adjacent to an activating group) is 1. The molecule has 1 aromatic carbocycles. The quantitative estimate of drug-likeness (QED) is 0.802. The lowest BCUT2D eigenvalue weighted by Crippen LogP contribution is -2.64. The van der Waals surface area contributed by atoms with Gasteiger partial charge in [0, 0.05) is 31.7 Å². The third kappa shape index (κ3) is 4.50. The van der Waals surface area contributed by atoms with Crippen molar-refractivity contribution >= 4 is 23.4 Å². The van der Waals surface area contributed by atoms with Gasteiger partial charge in [-0.2, -0.15) is 0 Å². The van der Waals surface area contributed by atoms with Crippen molar-refractivity contribution in [1.29, 1.82) is 0 Å². The Labute approximate surface area is 151 Å². The molecule has 1 saturated heterocycles. The molecule has 1 aromatic rings. The monoisotopic (exact) mass is 367 g/mol. The van der Waals surface area contributed by atoms with Gasteiger partial charge in [0.25, 0.3) is 0 Å². The molecule has 2 aliphatic rings. The molecule has 25 heavy (non-hydrogen) atoms. The SMILES string of the molecule is CNC(=O)CN1CC2(CC(CNC(=O)Cc3cc(F)cc(Cl)c3)C2)C1. The largest absolute Gasteiger partial charge is 0.358 e. The molecule has 1 aliphatic carbocycles. The van der Waals surface area contributed by atoms with Crippen LogP contribution in [-0.4, -0.2) is 49.9 Å². The smallest absolute Gasteiger partial charge is 0.233 e. The minimum Gasteiger partial charge on any atom is -0.358 e. The number of carbonyl (C=O) groups is 2. The Bertz CT molecular complexity index is 648. The fraction of sp³-hybridized carbons (Fsp3) is 0.556. The molecule has 0 aromatic heterocycles. The van der Waals surface area contributed by atoms with Crippen LogP contribution in [0.25, 0.3) is 0 Å². The Balaban J connectivity index is 1.34. The summed E-state index contributed by atoms with van der Waals surface area (Å²) in [6.45, 7) is 3.05. The highest BCUT2D eigenvalue weighted by Crippen LogP contribution is 2.51. The van der Waals surface area contributed by atoms with Crippen LogP contribution in [0.15, 0.2) is 18.2 Å². The summed E-state index contributed by atoms with van der Waals surface area (Å²) < 4.78 is 13.3. The molecular weight excluding hydrogens is 345 g/mol. The summed E-state index contributed by atoms with van der Waals surface area (Å²) in [7, 11) is 1.65. The number of halogens is 2. The Kier molecular flexibility index (Phi) is 5.29. The van der Waals surface area contributed by atoms with Gasteiger partial charge in [0.15, 0.2) is 0 Å². The zero-order valence-electron chi connectivity index (χ0n) is 14.3. The van der Waals surface area contributed by atoms with Gasteiger partial charge in [-0.25, -0.2) is 4.39 Å². The summed E-state index contributed by atoms with van der Waals surface area (Å²) in [5, 5.41) is 5.87. The van der Waals surface area contributed by atoms with Crippen molar-refractivity contribution in [2.45, 2.75) is 19.3 Å². The van der Waals surface area contributed by atoms with Crippen LogP contribution in [0, 0.1) is 17.2 Å². The van der Waals surface area contributed by atoms with E-state index in [0.717, 1.165) is 25.9 Å². The maximum atomic E-state index is 13.3. The van der Waals surface area contributed by atoms with Crippen molar-refractivity contribution < 1.29 is 14.0 Å². The van der Waals surface area contributed by atoms with E-state index in [1.54, 1.807) is 13.1 Å². The van der Waals surface area contributed by atoms with E-state index < -0.39 is 5.82 Å². The van der Waals surface area contributed by atoms with Crippen LogP contribution in [0.1, 0.15) is 18.4 Å². The summed E-state index contributed by atoms with van der Waals surface area (Å²) in [6, 6.07) is 4.17. The van der Waals surface area contributed by atoms with Gasteiger partial charge >= 0.3 is 0 Å². The average molecular weight is 368 g/mol. The summed E-state index contributed by atoms with van der Waals surface area (Å²) in [5.41, 5.74) is 0.927. The third-order valence-electron chi connectivity index (χ3n) is 5.08. The first-order valence-corrected chi connectivity index (χ1v) is 8.90. The van der Waals surface area contributed by atoms with Gasteiger partial charge < -0.3 is 10.6 Å². The number of amides is 2. The number of likely N-dealkylation sites (tertiary alicyclic amines) is 1. The lowest BCUT2D eigenvalue weighted by Gasteiger charge is -2.59. The van der Waals surface area contributed by atoms with Crippen LogP contribution < -0.4 is 10.6 Å². The van der Waals surface area contributed by atoms with Crippen LogP contribution in [0.5, 0.6) is 0 Å². The molecule has 1 aliphatic heterocycles. The molecule has 1 spiro atoms. The Morgan fingerprint density at radius 1 is 1.28 bits per heavy atom. The van der Waals surface area contributed by atoms with Gasteiger partial charge in [-0.05, 0) is 47.9 Å². The van der Waals surface area contributed by atoms with E-state index in [-0.39, 0.29) is 18.2 Å². The molecule has 7 heteroatoms. The van der Waals surface area contributed by atoms with Crippen molar-refractivity contribution in [3.8, 4) is 0 Å². The van der Waals surface area contributed by atoms with Crippen molar-refractivity contribution in [2.75, 3.05) is 33.2 Å². The number of carbonyl (C=O) groups excluding carboxylic acids is 2. The number of rotatable bonds is 6. The van der Waals surface area contributed by atoms with Crippen LogP contribution >= 0.6 is 11.6 Å². The van der Waals surface area contributed by atoms with E-state index in [9.17, 15) is 14.0 Å². The predicted octanol–water partition coefficient (Wildman–Crippen LogP) is 1.60. The van der Waals surface area contributed by atoms with Crippen LogP contribution in [-0.2, 0) is 16.0 Å². The normalized spacial score (nSPS) is 19.2. The van der Waals surface area contributed by atoms with Crippen LogP contribution in [0.2, 0.25) is 5.02 Å². The highest BCUT2D eigenvalue weighted by Gasteiger charge is 2.52. The fourth-order valence-electron chi connectivity index (χ4n) is 4.08. The summed E-state index contributed by atoms with van der Waals surface area (Å²) >= 11 is 5.80. The Morgan fingerprint density at radius 3 is 2.64 bits per heavy atom. The van der Waals surface area contributed by atoms with Gasteiger partial charge in [0.1, 0.15) is 5.82 Å². The molecular formula is C18H23ClFN3O2. The van der Waals surface area contributed by atoms with Crippen molar-refractivity contribution in [1.82, 2.24) is 15.5 Å². The standard InChI is InChI=1S/C18H23ClFN3O2/c1-21-17(25)9-23-10-18(11-23)6-13(7-18)8-22-16(24)4-12-2-14(19)5-15(20)3-12/h2-3,5,13H,4,6-11H2,1H3,(H,21,25)(H,22,24). The second kappa shape index (κ2) is 7.30. The van der Waals surface area contributed by atoms with Gasteiger partial charge in [0.05, 0.1) is 13.0 Å². The number of benzene rings is 1. The first-order chi connectivity index (χ1) is 11.9. The molecule has 0 atom stereocenters. The molecule has 2 amide bonds. The Hall–Kier alpha value is -1.66. The molecule has 1 heterocycles. The number of nitrogens with one attached hydrogen (secondary N) is 2. The lowest BCUT2D eigenvalue weighted by molar-refractivity contribution is -0.133. The van der Waals surface area contributed by atoms with E-state index in [1.807, 2.05) is 0 Å². The van der Waals surface area contributed by atoms with Gasteiger partial charge in [-0.1, -0.05) is 11.6 Å². The van der Waals surface area contributed by atoms with E-state index >= 15 is 0 Å². The number of hydrogen-bond acceptors (Lipinski definition) is 3. The molecule has 0 bridgehead atoms. The zero-order valence-corrected chi connectivity index (χ0v) is 15.0. The highest BCUT2D eigenvalue weighted by atomic mass is 35.5. The van der Waals surface area contributed by atoms with Gasteiger partial charge in [-0.3, -0.25) is 14.5 Å². The van der Waals surface area contributed by atoms with Gasteiger partial charge in [0.2, 0.25) is 11.8 Å². The van der Waals surface area contributed by atoms with Crippen molar-refractivity contribution in [3.63, 3.8) is 0 Å².